The van der Waals surface area contributed by atoms with Crippen LogP contribution in [0.4, 0.5) is 28.4 Å². The van der Waals surface area contributed by atoms with E-state index >= 15 is 0 Å². The summed E-state index contributed by atoms with van der Waals surface area (Å²) in [5, 5.41) is 8.86. The first-order chi connectivity index (χ1) is 73.5. The van der Waals surface area contributed by atoms with E-state index in [1.54, 1.807) is 0 Å². The second-order valence-electron chi connectivity index (χ2n) is 39.5. The third-order valence-electron chi connectivity index (χ3n) is 30.3. The molecule has 25 aromatic rings. The van der Waals surface area contributed by atoms with Gasteiger partial charge in [0.05, 0.1) is 44.7 Å². The van der Waals surface area contributed by atoms with Gasteiger partial charge in [0.2, 0.25) is 0 Å². The van der Waals surface area contributed by atoms with E-state index in [1.165, 1.54) is 38.8 Å². The quantitative estimate of drug-likeness (QED) is 0.0798. The summed E-state index contributed by atoms with van der Waals surface area (Å²) in [4.78, 5) is 20.2. The van der Waals surface area contributed by atoms with Gasteiger partial charge in [-0.3, -0.25) is 0 Å². The lowest BCUT2D eigenvalue weighted by Gasteiger charge is -2.34. The molecule has 0 radical (unpaired) electrons. The lowest BCUT2D eigenvalue weighted by atomic mass is 9.79. The molecule has 0 spiro atoms. The summed E-state index contributed by atoms with van der Waals surface area (Å²) in [5.74, 6) is 12.4. The number of fused-ring (bicyclic) bond motifs is 15. The average Bonchev–Trinajstić information content (AvgIpc) is 1.53. The number of anilines is 5. The number of furan rings is 1. The van der Waals surface area contributed by atoms with E-state index in [2.05, 4.69) is 470 Å². The van der Waals surface area contributed by atoms with Crippen molar-refractivity contribution in [2.75, 3.05) is 9.80 Å². The van der Waals surface area contributed by atoms with E-state index in [0.29, 0.717) is 23.1 Å². The van der Waals surface area contributed by atoms with Crippen molar-refractivity contribution in [2.45, 2.75) is 32.1 Å². The number of rotatable bonds is 18. The van der Waals surface area contributed by atoms with Gasteiger partial charge in [0.25, 0.3) is 0 Å². The highest BCUT2D eigenvalue weighted by Gasteiger charge is 2.41. The molecule has 0 aliphatic heterocycles. The van der Waals surface area contributed by atoms with Gasteiger partial charge in [0.1, 0.15) is 11.2 Å². The number of aromatic nitrogens is 5. The monoisotopic (exact) mass is 1900 g/mol. The van der Waals surface area contributed by atoms with E-state index in [1.807, 2.05) is 91.0 Å². The summed E-state index contributed by atoms with van der Waals surface area (Å²) in [7, 11) is 0. The maximum atomic E-state index is 7.01. The summed E-state index contributed by atoms with van der Waals surface area (Å²) in [6, 6.07) is 175. The standard InChI is InChI=1S/C141H95N7O/c1-5-93-36-24-28-58-126(93)147-129-81-79-118-124(134(129)121-77-71-108(88-131(121)147)105-49-32-51-112(85-105)145(110-73-68-96(69-74-110)94-37-14-7-15-38-94)111-50-30-47-103(83-111)95-39-16-8-17-40-95)90-132(135-120-54-25-27-57-125(120)141(3,4)136(118)135)146(114-75-78-115(91(2)82-114)99-41-18-9-19-42-99)113-52-31-48-104(84-113)97-62-64-98(65-63-97)107-67-66-100(61-60-92-34-12-6-13-35-92)130(87-107)148-127-59-29-26-53-116(127)123-86-106(72-80-128(123)148)109-70-76-117-119-55-33-56-122(137(119)149-133(117)89-109)140-143-138(101-43-20-10-21-44-101)142-139(144-140)102-45-22-11-23-46-102/h1,6-59,62-91,115H,2-4H3. The summed E-state index contributed by atoms with van der Waals surface area (Å²) < 4.78 is 11.8. The molecule has 0 amide bonds. The fourth-order valence-corrected chi connectivity index (χ4v) is 23.2. The molecule has 21 aromatic carbocycles. The van der Waals surface area contributed by atoms with Crippen LogP contribution in [-0.2, 0) is 5.41 Å². The fraction of sp³-hybridized carbons (Fsp3) is 0.0426. The molecule has 149 heavy (non-hydrogen) atoms. The molecule has 8 nitrogen and oxygen atoms in total. The molecular formula is C141H95N7O. The largest absolute Gasteiger partial charge is 0.455 e. The first-order valence-corrected chi connectivity index (χ1v) is 51.0. The second-order valence-corrected chi connectivity index (χ2v) is 39.5. The van der Waals surface area contributed by atoms with E-state index in [4.69, 9.17) is 25.8 Å². The zero-order valence-corrected chi connectivity index (χ0v) is 82.2. The number of hydrogen-bond acceptors (Lipinski definition) is 6. The van der Waals surface area contributed by atoms with Gasteiger partial charge in [-0.2, -0.15) is 0 Å². The van der Waals surface area contributed by atoms with Crippen molar-refractivity contribution in [1.29, 1.82) is 0 Å². The highest BCUT2D eigenvalue weighted by molar-refractivity contribution is 6.25. The van der Waals surface area contributed by atoms with Crippen LogP contribution in [-0.4, -0.2) is 24.1 Å². The van der Waals surface area contributed by atoms with Gasteiger partial charge < -0.3 is 23.4 Å². The predicted molar refractivity (Wildman–Crippen MR) is 619 cm³/mol. The first-order valence-electron chi connectivity index (χ1n) is 51.0. The van der Waals surface area contributed by atoms with E-state index in [9.17, 15) is 0 Å². The van der Waals surface area contributed by atoms with Crippen LogP contribution in [0.15, 0.2) is 514 Å². The SMILES string of the molecule is C#Cc1ccccc1-n1c2cc(-c3cccc(N(c4ccc(-c5ccccc5)cc4)c4cccc(-c5ccccc5)c4)c3)ccc2c2c3cc(N(C4=CC(C)C(c5ccccc5)C=C4)c4cccc(-c5ccc(-c6ccc(C#Cc7ccccc7)c(-n7c8ccccc8c8cc(-c9ccc%10c(c9)oc9c(-c%11nc(-c%12ccccc%12)nc(-c%12ccccc%12)n%11)cccc9%10)ccc87)c6)cc5)c4)c4c(c3ccc21)C(C)(C)c1ccccc1-4. The third-order valence-corrected chi connectivity index (χ3v) is 30.3. The Morgan fingerprint density at radius 3 is 1.47 bits per heavy atom. The van der Waals surface area contributed by atoms with Gasteiger partial charge >= 0.3 is 0 Å². The minimum Gasteiger partial charge on any atom is -0.455 e. The molecule has 0 N–H and O–H groups in total. The van der Waals surface area contributed by atoms with Crippen LogP contribution in [0, 0.1) is 30.1 Å². The van der Waals surface area contributed by atoms with Crippen molar-refractivity contribution in [3.8, 4) is 148 Å². The van der Waals surface area contributed by atoms with Gasteiger partial charge in [-0.25, -0.2) is 15.0 Å². The molecule has 700 valence electrons. The van der Waals surface area contributed by atoms with Crippen molar-refractivity contribution < 1.29 is 4.42 Å². The zero-order valence-electron chi connectivity index (χ0n) is 82.2. The normalized spacial score (nSPS) is 13.5. The predicted octanol–water partition coefficient (Wildman–Crippen LogP) is 36.3. The molecule has 2 aliphatic rings. The Balaban J connectivity index is 0.578. The van der Waals surface area contributed by atoms with Crippen molar-refractivity contribution in [3.63, 3.8) is 0 Å². The molecule has 4 aromatic heterocycles. The number of benzene rings is 21. The van der Waals surface area contributed by atoms with Gasteiger partial charge in [-0.1, -0.05) is 396 Å². The molecule has 0 saturated carbocycles. The molecule has 0 fully saturated rings. The maximum absolute atomic E-state index is 7.01. The van der Waals surface area contributed by atoms with E-state index in [0.717, 1.165) is 205 Å². The van der Waals surface area contributed by atoms with Crippen LogP contribution >= 0.6 is 0 Å². The Bertz CT molecular complexity index is 9770. The minimum absolute atomic E-state index is 0.131. The van der Waals surface area contributed by atoms with Crippen LogP contribution < -0.4 is 9.80 Å². The van der Waals surface area contributed by atoms with Gasteiger partial charge in [0, 0.05) is 105 Å². The molecule has 27 rings (SSSR count). The van der Waals surface area contributed by atoms with Crippen LogP contribution in [0.2, 0.25) is 0 Å². The smallest absolute Gasteiger partial charge is 0.167 e. The molecular weight excluding hydrogens is 1810 g/mol. The van der Waals surface area contributed by atoms with Crippen molar-refractivity contribution in [2.24, 2.45) is 5.92 Å². The summed E-state index contributed by atoms with van der Waals surface area (Å²) in [6.07, 6.45) is 14.0. The number of hydrogen-bond donors (Lipinski definition) is 0. The topological polar surface area (TPSA) is 68.2 Å². The minimum atomic E-state index is -0.435. The van der Waals surface area contributed by atoms with Crippen LogP contribution in [0.3, 0.4) is 0 Å². The second kappa shape index (κ2) is 36.7. The molecule has 0 bridgehead atoms. The average molecular weight is 1900 g/mol. The summed E-state index contributed by atoms with van der Waals surface area (Å²) >= 11 is 0. The zero-order chi connectivity index (χ0) is 99.3. The van der Waals surface area contributed by atoms with E-state index in [-0.39, 0.29) is 11.8 Å². The van der Waals surface area contributed by atoms with Crippen LogP contribution in [0.1, 0.15) is 60.1 Å². The summed E-state index contributed by atoms with van der Waals surface area (Å²) in [6.45, 7) is 7.24. The molecule has 2 unspecified atom stereocenters. The van der Waals surface area contributed by atoms with Crippen LogP contribution in [0.5, 0.6) is 0 Å². The highest BCUT2D eigenvalue weighted by atomic mass is 16.3. The number of nitrogens with zero attached hydrogens (tertiary/aromatic N) is 7. The molecule has 2 atom stereocenters. The Morgan fingerprint density at radius 2 is 0.792 bits per heavy atom. The number of allylic oxidation sites excluding steroid dienone is 3. The Morgan fingerprint density at radius 1 is 0.315 bits per heavy atom. The molecule has 4 heterocycles. The van der Waals surface area contributed by atoms with Gasteiger partial charge in [0.15, 0.2) is 17.5 Å². The van der Waals surface area contributed by atoms with Crippen molar-refractivity contribution in [3.05, 3.63) is 543 Å². The Labute approximate surface area is 865 Å². The molecule has 8 heteroatoms. The van der Waals surface area contributed by atoms with Gasteiger partial charge in [-0.15, -0.1) is 6.42 Å². The molecule has 0 saturated heterocycles. The van der Waals surface area contributed by atoms with Crippen molar-refractivity contribution >= 4 is 105 Å². The lowest BCUT2D eigenvalue weighted by Crippen LogP contribution is -2.21. The molecule has 2 aliphatic carbocycles. The maximum Gasteiger partial charge on any atom is 0.167 e. The highest BCUT2D eigenvalue weighted by Crippen LogP contribution is 2.59. The fourth-order valence-electron chi connectivity index (χ4n) is 23.2. The first kappa shape index (κ1) is 88.4. The third kappa shape index (κ3) is 15.6. The number of terminal acetylenes is 1. The summed E-state index contributed by atoms with van der Waals surface area (Å²) in [5.41, 5.74) is 38.3. The van der Waals surface area contributed by atoms with E-state index < -0.39 is 5.41 Å². The van der Waals surface area contributed by atoms with Crippen molar-refractivity contribution in [1.82, 2.24) is 24.1 Å². The van der Waals surface area contributed by atoms with Gasteiger partial charge in [-0.05, 0) is 251 Å². The van der Waals surface area contributed by atoms with Crippen LogP contribution in [0.25, 0.3) is 200 Å². The Hall–Kier alpha value is -19.5. The number of para-hydroxylation sites is 3. The lowest BCUT2D eigenvalue weighted by molar-refractivity contribution is 0.628. The Kier molecular flexibility index (Phi) is 21.8.